The number of hydrogen-bond donors (Lipinski definition) is 1. The van der Waals surface area contributed by atoms with Crippen molar-refractivity contribution in [3.8, 4) is 0 Å². The van der Waals surface area contributed by atoms with Crippen molar-refractivity contribution in [1.29, 1.82) is 0 Å². The third-order valence-electron chi connectivity index (χ3n) is 2.87. The lowest BCUT2D eigenvalue weighted by atomic mass is 10.2. The van der Waals surface area contributed by atoms with E-state index in [9.17, 15) is 4.79 Å². The molecule has 0 aliphatic heterocycles. The lowest BCUT2D eigenvalue weighted by molar-refractivity contribution is 0.367. The van der Waals surface area contributed by atoms with Crippen molar-refractivity contribution < 1.29 is 0 Å². The van der Waals surface area contributed by atoms with Crippen LogP contribution in [0, 0.1) is 0 Å². The van der Waals surface area contributed by atoms with Gasteiger partial charge in [0.15, 0.2) is 0 Å². The monoisotopic (exact) mass is 286 g/mol. The Morgan fingerprint density at radius 3 is 2.79 bits per heavy atom. The predicted octanol–water partition coefficient (Wildman–Crippen LogP) is 2.06. The van der Waals surface area contributed by atoms with E-state index in [0.717, 1.165) is 19.4 Å². The zero-order valence-corrected chi connectivity index (χ0v) is 12.9. The molecular weight excluding hydrogens is 264 g/mol. The number of aromatic nitrogens is 2. The second-order valence-corrected chi connectivity index (χ2v) is 5.42. The maximum Gasteiger partial charge on any atom is 0.287 e. The number of halogens is 1. The molecule has 6 heteroatoms. The molecule has 0 spiro atoms. The van der Waals surface area contributed by atoms with Crippen molar-refractivity contribution in [3.63, 3.8) is 0 Å². The molecule has 0 fully saturated rings. The molecule has 0 aliphatic rings. The SMILES string of the molecule is CCCC(C)Nc1cnn(CCN(C)C)c(=O)c1Cl. The summed E-state index contributed by atoms with van der Waals surface area (Å²) in [5.41, 5.74) is 0.380. The Labute approximate surface area is 119 Å². The van der Waals surface area contributed by atoms with Crippen LogP contribution in [0.2, 0.25) is 5.02 Å². The first kappa shape index (κ1) is 16.0. The van der Waals surface area contributed by atoms with Gasteiger partial charge in [-0.15, -0.1) is 0 Å². The summed E-state index contributed by atoms with van der Waals surface area (Å²) in [4.78, 5) is 14.0. The van der Waals surface area contributed by atoms with Gasteiger partial charge in [0, 0.05) is 12.6 Å². The van der Waals surface area contributed by atoms with E-state index in [1.54, 1.807) is 6.20 Å². The van der Waals surface area contributed by atoms with Crippen LogP contribution in [-0.2, 0) is 6.54 Å². The highest BCUT2D eigenvalue weighted by molar-refractivity contribution is 6.32. The van der Waals surface area contributed by atoms with E-state index in [1.165, 1.54) is 4.68 Å². The summed E-state index contributed by atoms with van der Waals surface area (Å²) in [5.74, 6) is 0. The Bertz CT molecular complexity index is 458. The maximum atomic E-state index is 12.1. The summed E-state index contributed by atoms with van der Waals surface area (Å²) in [7, 11) is 3.91. The molecule has 5 nitrogen and oxygen atoms in total. The van der Waals surface area contributed by atoms with E-state index in [2.05, 4.69) is 24.3 Å². The Kier molecular flexibility index (Phi) is 6.31. The topological polar surface area (TPSA) is 50.2 Å². The van der Waals surface area contributed by atoms with Gasteiger partial charge in [-0.3, -0.25) is 4.79 Å². The first-order valence-corrected chi connectivity index (χ1v) is 7.00. The molecule has 1 aromatic heterocycles. The van der Waals surface area contributed by atoms with Gasteiger partial charge in [-0.25, -0.2) is 4.68 Å². The molecule has 0 aliphatic carbocycles. The molecule has 1 rings (SSSR count). The lowest BCUT2D eigenvalue weighted by Crippen LogP contribution is -2.30. The minimum Gasteiger partial charge on any atom is -0.380 e. The van der Waals surface area contributed by atoms with Gasteiger partial charge in [0.1, 0.15) is 5.02 Å². The van der Waals surface area contributed by atoms with E-state index in [-0.39, 0.29) is 16.6 Å². The van der Waals surface area contributed by atoms with Crippen LogP contribution < -0.4 is 10.9 Å². The quantitative estimate of drug-likeness (QED) is 0.834. The Hall–Kier alpha value is -1.07. The van der Waals surface area contributed by atoms with Crippen molar-refractivity contribution in [1.82, 2.24) is 14.7 Å². The van der Waals surface area contributed by atoms with Crippen LogP contribution >= 0.6 is 11.6 Å². The minimum atomic E-state index is -0.239. The van der Waals surface area contributed by atoms with Crippen LogP contribution in [0.4, 0.5) is 5.69 Å². The zero-order chi connectivity index (χ0) is 14.4. The summed E-state index contributed by atoms with van der Waals surface area (Å²) in [6, 6.07) is 0.279. The van der Waals surface area contributed by atoms with Gasteiger partial charge in [0.05, 0.1) is 18.4 Å². The van der Waals surface area contributed by atoms with Crippen molar-refractivity contribution in [2.75, 3.05) is 26.0 Å². The first-order chi connectivity index (χ1) is 8.95. The van der Waals surface area contributed by atoms with Crippen LogP contribution in [0.3, 0.4) is 0 Å². The molecular formula is C13H23ClN4O. The Morgan fingerprint density at radius 1 is 1.53 bits per heavy atom. The third kappa shape index (κ3) is 4.84. The predicted molar refractivity (Wildman–Crippen MR) is 80.1 cm³/mol. The molecule has 0 radical (unpaired) electrons. The molecule has 0 saturated heterocycles. The van der Waals surface area contributed by atoms with Gasteiger partial charge in [0.25, 0.3) is 5.56 Å². The van der Waals surface area contributed by atoms with Gasteiger partial charge in [-0.1, -0.05) is 24.9 Å². The van der Waals surface area contributed by atoms with Gasteiger partial charge in [-0.2, -0.15) is 5.10 Å². The average Bonchev–Trinajstić information content (AvgIpc) is 2.34. The molecule has 1 heterocycles. The molecule has 1 N–H and O–H groups in total. The molecule has 0 aromatic carbocycles. The number of hydrogen-bond acceptors (Lipinski definition) is 4. The fourth-order valence-electron chi connectivity index (χ4n) is 1.79. The number of nitrogens with one attached hydrogen (secondary N) is 1. The maximum absolute atomic E-state index is 12.1. The van der Waals surface area contributed by atoms with Gasteiger partial charge < -0.3 is 10.2 Å². The number of anilines is 1. The highest BCUT2D eigenvalue weighted by Gasteiger charge is 2.11. The van der Waals surface area contributed by atoms with E-state index >= 15 is 0 Å². The molecule has 108 valence electrons. The van der Waals surface area contributed by atoms with E-state index in [1.807, 2.05) is 19.0 Å². The van der Waals surface area contributed by atoms with E-state index in [0.29, 0.717) is 12.2 Å². The summed E-state index contributed by atoms with van der Waals surface area (Å²) in [5, 5.41) is 7.60. The highest BCUT2D eigenvalue weighted by Crippen LogP contribution is 2.17. The summed E-state index contributed by atoms with van der Waals surface area (Å²) in [6.45, 7) is 5.48. The van der Waals surface area contributed by atoms with E-state index in [4.69, 9.17) is 11.6 Å². The van der Waals surface area contributed by atoms with Crippen LogP contribution in [0.15, 0.2) is 11.0 Å². The molecule has 1 aromatic rings. The lowest BCUT2D eigenvalue weighted by Gasteiger charge is -2.16. The van der Waals surface area contributed by atoms with Crippen LogP contribution in [0.1, 0.15) is 26.7 Å². The van der Waals surface area contributed by atoms with Gasteiger partial charge in [0.2, 0.25) is 0 Å². The Balaban J connectivity index is 2.82. The number of nitrogens with zero attached hydrogens (tertiary/aromatic N) is 3. The second kappa shape index (κ2) is 7.50. The highest BCUT2D eigenvalue weighted by atomic mass is 35.5. The number of likely N-dealkylation sites (N-methyl/N-ethyl adjacent to an activating group) is 1. The standard InChI is InChI=1S/C13H23ClN4O/c1-5-6-10(2)16-11-9-15-18(8-7-17(3)4)13(19)12(11)14/h9-10,16H,5-8H2,1-4H3. The van der Waals surface area contributed by atoms with Gasteiger partial charge in [-0.05, 0) is 27.4 Å². The zero-order valence-electron chi connectivity index (χ0n) is 12.1. The van der Waals surface area contributed by atoms with E-state index < -0.39 is 0 Å². The van der Waals surface area contributed by atoms with Crippen molar-refractivity contribution in [3.05, 3.63) is 21.6 Å². The minimum absolute atomic E-state index is 0.219. The molecule has 1 unspecified atom stereocenters. The second-order valence-electron chi connectivity index (χ2n) is 5.04. The Morgan fingerprint density at radius 2 is 2.21 bits per heavy atom. The molecule has 0 bridgehead atoms. The molecule has 1 atom stereocenters. The van der Waals surface area contributed by atoms with Crippen LogP contribution in [0.5, 0.6) is 0 Å². The largest absolute Gasteiger partial charge is 0.380 e. The molecule has 0 amide bonds. The van der Waals surface area contributed by atoms with Crippen molar-refractivity contribution in [2.24, 2.45) is 0 Å². The van der Waals surface area contributed by atoms with Crippen molar-refractivity contribution in [2.45, 2.75) is 39.3 Å². The average molecular weight is 287 g/mol. The van der Waals surface area contributed by atoms with Crippen molar-refractivity contribution >= 4 is 17.3 Å². The smallest absolute Gasteiger partial charge is 0.287 e. The summed E-state index contributed by atoms with van der Waals surface area (Å²) >= 11 is 6.11. The van der Waals surface area contributed by atoms with Crippen LogP contribution in [0.25, 0.3) is 0 Å². The fourth-order valence-corrected chi connectivity index (χ4v) is 1.99. The summed E-state index contributed by atoms with van der Waals surface area (Å²) < 4.78 is 1.40. The normalized spacial score (nSPS) is 12.7. The van der Waals surface area contributed by atoms with Crippen LogP contribution in [-0.4, -0.2) is 41.4 Å². The number of rotatable bonds is 7. The third-order valence-corrected chi connectivity index (χ3v) is 3.23. The first-order valence-electron chi connectivity index (χ1n) is 6.62. The summed E-state index contributed by atoms with van der Waals surface area (Å²) in [6.07, 6.45) is 3.74. The molecule has 0 saturated carbocycles. The molecule has 19 heavy (non-hydrogen) atoms. The fraction of sp³-hybridized carbons (Fsp3) is 0.692. The van der Waals surface area contributed by atoms with Gasteiger partial charge >= 0.3 is 0 Å².